The van der Waals surface area contributed by atoms with Gasteiger partial charge < -0.3 is 10.4 Å². The van der Waals surface area contributed by atoms with Gasteiger partial charge in [0.05, 0.1) is 0 Å². The third-order valence-electron chi connectivity index (χ3n) is 2.84. The summed E-state index contributed by atoms with van der Waals surface area (Å²) < 4.78 is 0. The second-order valence-electron chi connectivity index (χ2n) is 5.30. The third kappa shape index (κ3) is 6.78. The van der Waals surface area contributed by atoms with Gasteiger partial charge in [-0.3, -0.25) is 9.59 Å². The van der Waals surface area contributed by atoms with Gasteiger partial charge in [0, 0.05) is 18.5 Å². The fourth-order valence-electron chi connectivity index (χ4n) is 2.09. The number of rotatable bonds is 7. The van der Waals surface area contributed by atoms with Crippen molar-refractivity contribution >= 4 is 35.1 Å². The summed E-state index contributed by atoms with van der Waals surface area (Å²) in [5.41, 5.74) is 0.304. The Kier molecular flexibility index (Phi) is 6.92. The van der Waals surface area contributed by atoms with Crippen molar-refractivity contribution in [3.63, 3.8) is 0 Å². The first kappa shape index (κ1) is 17.7. The maximum Gasteiger partial charge on any atom is 0.303 e. The normalized spacial score (nSPS) is 12.2. The largest absolute Gasteiger partial charge is 0.481 e. The number of hydrogen-bond donors (Lipinski definition) is 2. The van der Waals surface area contributed by atoms with Crippen molar-refractivity contribution in [1.29, 1.82) is 0 Å². The number of nitrogens with zero attached hydrogens (tertiary/aromatic N) is 1. The number of pyridine rings is 1. The van der Waals surface area contributed by atoms with E-state index in [4.69, 9.17) is 28.3 Å². The summed E-state index contributed by atoms with van der Waals surface area (Å²) in [6.45, 7) is 4.32. The van der Waals surface area contributed by atoms with E-state index in [-0.39, 0.29) is 28.6 Å². The topological polar surface area (TPSA) is 79.3 Å². The highest BCUT2D eigenvalue weighted by molar-refractivity contribution is 6.33. The van der Waals surface area contributed by atoms with E-state index in [1.807, 2.05) is 13.8 Å². The number of amides is 1. The van der Waals surface area contributed by atoms with E-state index in [9.17, 15) is 9.59 Å². The molecule has 0 aromatic carbocycles. The number of carboxylic acids is 1. The van der Waals surface area contributed by atoms with Crippen LogP contribution in [0.3, 0.4) is 0 Å². The van der Waals surface area contributed by atoms with Gasteiger partial charge in [0.15, 0.2) is 0 Å². The van der Waals surface area contributed by atoms with E-state index < -0.39 is 5.97 Å². The average molecular weight is 333 g/mol. The predicted octanol–water partition coefficient (Wildman–Crippen LogP) is 3.26. The number of aliphatic carboxylic acids is 1. The zero-order valence-electron chi connectivity index (χ0n) is 11.9. The SMILES string of the molecule is CC(C)CC(CNC(=O)c1cc(Cl)nc(Cl)c1)CC(=O)O. The lowest BCUT2D eigenvalue weighted by molar-refractivity contribution is -0.138. The monoisotopic (exact) mass is 332 g/mol. The summed E-state index contributed by atoms with van der Waals surface area (Å²) >= 11 is 11.5. The Balaban J connectivity index is 2.65. The summed E-state index contributed by atoms with van der Waals surface area (Å²) in [4.78, 5) is 26.6. The van der Waals surface area contributed by atoms with Crippen molar-refractivity contribution in [2.45, 2.75) is 26.7 Å². The third-order valence-corrected chi connectivity index (χ3v) is 3.23. The number of aromatic nitrogens is 1. The van der Waals surface area contributed by atoms with Gasteiger partial charge in [0.1, 0.15) is 10.3 Å². The Labute approximate surface area is 133 Å². The van der Waals surface area contributed by atoms with Gasteiger partial charge in [0.25, 0.3) is 5.91 Å². The fraction of sp³-hybridized carbons (Fsp3) is 0.500. The van der Waals surface area contributed by atoms with Crippen LogP contribution in [0, 0.1) is 11.8 Å². The van der Waals surface area contributed by atoms with Gasteiger partial charge >= 0.3 is 5.97 Å². The molecule has 1 amide bonds. The molecule has 1 rings (SSSR count). The Hall–Kier alpha value is -1.33. The molecule has 0 bridgehead atoms. The number of nitrogens with one attached hydrogen (secondary N) is 1. The highest BCUT2D eigenvalue weighted by Crippen LogP contribution is 2.17. The molecule has 0 spiro atoms. The standard InChI is InChI=1S/C14H18Cl2N2O3/c1-8(2)3-9(4-13(19)20)7-17-14(21)10-5-11(15)18-12(16)6-10/h5-6,8-9H,3-4,7H2,1-2H3,(H,17,21)(H,19,20). The van der Waals surface area contributed by atoms with E-state index in [0.29, 0.717) is 18.0 Å². The highest BCUT2D eigenvalue weighted by Gasteiger charge is 2.17. The lowest BCUT2D eigenvalue weighted by Gasteiger charge is -2.17. The molecule has 5 nitrogen and oxygen atoms in total. The van der Waals surface area contributed by atoms with E-state index in [1.165, 1.54) is 12.1 Å². The Bertz CT molecular complexity index is 501. The van der Waals surface area contributed by atoms with Crippen LogP contribution in [0.5, 0.6) is 0 Å². The van der Waals surface area contributed by atoms with Crippen molar-refractivity contribution in [2.24, 2.45) is 11.8 Å². The summed E-state index contributed by atoms with van der Waals surface area (Å²) in [5, 5.41) is 11.9. The summed E-state index contributed by atoms with van der Waals surface area (Å²) in [6, 6.07) is 2.83. The van der Waals surface area contributed by atoms with Gasteiger partial charge in [-0.1, -0.05) is 37.0 Å². The molecule has 1 aromatic heterocycles. The van der Waals surface area contributed by atoms with Crippen LogP contribution in [0.25, 0.3) is 0 Å². The summed E-state index contributed by atoms with van der Waals surface area (Å²) in [6.07, 6.45) is 0.751. The van der Waals surface area contributed by atoms with Crippen molar-refractivity contribution in [2.75, 3.05) is 6.54 Å². The molecule has 116 valence electrons. The van der Waals surface area contributed by atoms with Crippen LogP contribution in [-0.2, 0) is 4.79 Å². The molecule has 1 atom stereocenters. The number of halogens is 2. The predicted molar refractivity (Wildman–Crippen MR) is 81.8 cm³/mol. The van der Waals surface area contributed by atoms with E-state index in [0.717, 1.165) is 6.42 Å². The zero-order valence-corrected chi connectivity index (χ0v) is 13.4. The minimum absolute atomic E-state index is 0.0241. The molecular formula is C14H18Cl2N2O3. The zero-order chi connectivity index (χ0) is 16.0. The van der Waals surface area contributed by atoms with Gasteiger partial charge in [-0.25, -0.2) is 4.98 Å². The van der Waals surface area contributed by atoms with Crippen LogP contribution in [0.4, 0.5) is 0 Å². The number of carboxylic acid groups (broad SMARTS) is 1. The molecule has 0 saturated heterocycles. The molecule has 0 radical (unpaired) electrons. The molecule has 0 aliphatic carbocycles. The molecule has 0 saturated carbocycles. The molecule has 1 aromatic rings. The second kappa shape index (κ2) is 8.20. The minimum atomic E-state index is -0.870. The Morgan fingerprint density at radius 2 is 1.86 bits per heavy atom. The molecule has 0 fully saturated rings. The van der Waals surface area contributed by atoms with Crippen molar-refractivity contribution in [3.8, 4) is 0 Å². The first-order valence-corrected chi connectivity index (χ1v) is 7.36. The van der Waals surface area contributed by atoms with E-state index in [1.54, 1.807) is 0 Å². The Morgan fingerprint density at radius 1 is 1.29 bits per heavy atom. The first-order chi connectivity index (χ1) is 9.77. The van der Waals surface area contributed by atoms with Crippen molar-refractivity contribution < 1.29 is 14.7 Å². The van der Waals surface area contributed by atoms with Gasteiger partial charge in [-0.15, -0.1) is 0 Å². The van der Waals surface area contributed by atoms with E-state index >= 15 is 0 Å². The first-order valence-electron chi connectivity index (χ1n) is 6.61. The quantitative estimate of drug-likeness (QED) is 0.751. The van der Waals surface area contributed by atoms with Crippen LogP contribution >= 0.6 is 23.2 Å². The van der Waals surface area contributed by atoms with Crippen molar-refractivity contribution in [3.05, 3.63) is 28.0 Å². The van der Waals surface area contributed by atoms with Crippen LogP contribution in [0.15, 0.2) is 12.1 Å². The number of carbonyl (C=O) groups is 2. The maximum absolute atomic E-state index is 12.0. The Morgan fingerprint density at radius 3 is 2.33 bits per heavy atom. The van der Waals surface area contributed by atoms with Crippen LogP contribution < -0.4 is 5.32 Å². The van der Waals surface area contributed by atoms with Crippen LogP contribution in [0.1, 0.15) is 37.0 Å². The maximum atomic E-state index is 12.0. The molecule has 7 heteroatoms. The molecular weight excluding hydrogens is 315 g/mol. The minimum Gasteiger partial charge on any atom is -0.481 e. The lowest BCUT2D eigenvalue weighted by atomic mass is 9.94. The highest BCUT2D eigenvalue weighted by atomic mass is 35.5. The summed E-state index contributed by atoms with van der Waals surface area (Å²) in [5.74, 6) is -0.972. The number of carbonyl (C=O) groups excluding carboxylic acids is 1. The van der Waals surface area contributed by atoms with Gasteiger partial charge in [-0.2, -0.15) is 0 Å². The lowest BCUT2D eigenvalue weighted by Crippen LogP contribution is -2.31. The number of hydrogen-bond acceptors (Lipinski definition) is 3. The van der Waals surface area contributed by atoms with E-state index in [2.05, 4.69) is 10.3 Å². The van der Waals surface area contributed by atoms with Gasteiger partial charge in [-0.05, 0) is 30.4 Å². The van der Waals surface area contributed by atoms with Crippen LogP contribution in [-0.4, -0.2) is 28.5 Å². The molecule has 1 heterocycles. The molecule has 2 N–H and O–H groups in total. The summed E-state index contributed by atoms with van der Waals surface area (Å²) in [7, 11) is 0. The molecule has 0 aliphatic rings. The molecule has 21 heavy (non-hydrogen) atoms. The second-order valence-corrected chi connectivity index (χ2v) is 6.08. The average Bonchev–Trinajstić information content (AvgIpc) is 2.32. The van der Waals surface area contributed by atoms with Crippen LogP contribution in [0.2, 0.25) is 10.3 Å². The fourth-order valence-corrected chi connectivity index (χ4v) is 2.55. The molecule has 1 unspecified atom stereocenters. The molecule has 0 aliphatic heterocycles. The van der Waals surface area contributed by atoms with Crippen molar-refractivity contribution in [1.82, 2.24) is 10.3 Å². The smallest absolute Gasteiger partial charge is 0.303 e. The van der Waals surface area contributed by atoms with Gasteiger partial charge in [0.2, 0.25) is 0 Å².